The number of benzene rings is 1. The molecule has 0 unspecified atom stereocenters. The van der Waals surface area contributed by atoms with Gasteiger partial charge in [0.2, 0.25) is 5.91 Å². The second-order valence-electron chi connectivity index (χ2n) is 7.64. The second-order valence-corrected chi connectivity index (χ2v) is 7.64. The SMILES string of the molecule is CC1(C)[C@H](C(=O)O)[C@@H]1C(=O)Nc1ccc(C(=O)NC2CCCC2)cc1. The van der Waals surface area contributed by atoms with Crippen LogP contribution < -0.4 is 10.6 Å². The third kappa shape index (κ3) is 3.52. The van der Waals surface area contributed by atoms with Crippen molar-refractivity contribution in [1.82, 2.24) is 5.32 Å². The molecule has 2 aliphatic rings. The first kappa shape index (κ1) is 17.5. The van der Waals surface area contributed by atoms with Crippen molar-refractivity contribution in [1.29, 1.82) is 0 Å². The van der Waals surface area contributed by atoms with Crippen LogP contribution in [0.25, 0.3) is 0 Å². The van der Waals surface area contributed by atoms with Crippen LogP contribution in [0.3, 0.4) is 0 Å². The molecule has 2 atom stereocenters. The maximum Gasteiger partial charge on any atom is 0.307 e. The van der Waals surface area contributed by atoms with Gasteiger partial charge in [0, 0.05) is 17.3 Å². The van der Waals surface area contributed by atoms with Gasteiger partial charge in [-0.15, -0.1) is 0 Å². The molecule has 2 amide bonds. The van der Waals surface area contributed by atoms with Crippen molar-refractivity contribution in [3.8, 4) is 0 Å². The Labute approximate surface area is 147 Å². The van der Waals surface area contributed by atoms with Gasteiger partial charge in [-0.25, -0.2) is 0 Å². The van der Waals surface area contributed by atoms with Crippen LogP contribution in [0.2, 0.25) is 0 Å². The van der Waals surface area contributed by atoms with E-state index < -0.39 is 23.2 Å². The molecule has 6 nitrogen and oxygen atoms in total. The minimum atomic E-state index is -0.941. The van der Waals surface area contributed by atoms with E-state index in [1.54, 1.807) is 38.1 Å². The van der Waals surface area contributed by atoms with Crippen LogP contribution in [0.15, 0.2) is 24.3 Å². The summed E-state index contributed by atoms with van der Waals surface area (Å²) in [6.07, 6.45) is 4.37. The molecule has 0 radical (unpaired) electrons. The molecule has 2 saturated carbocycles. The lowest BCUT2D eigenvalue weighted by Crippen LogP contribution is -2.32. The third-order valence-corrected chi connectivity index (χ3v) is 5.48. The maximum atomic E-state index is 12.3. The van der Waals surface area contributed by atoms with E-state index >= 15 is 0 Å². The topological polar surface area (TPSA) is 95.5 Å². The molecular weight excluding hydrogens is 320 g/mol. The lowest BCUT2D eigenvalue weighted by atomic mass is 10.1. The van der Waals surface area contributed by atoms with Crippen molar-refractivity contribution in [2.75, 3.05) is 5.32 Å². The zero-order chi connectivity index (χ0) is 18.2. The van der Waals surface area contributed by atoms with Crippen molar-refractivity contribution in [2.45, 2.75) is 45.6 Å². The van der Waals surface area contributed by atoms with E-state index in [0.29, 0.717) is 11.3 Å². The van der Waals surface area contributed by atoms with Crippen LogP contribution in [0.4, 0.5) is 5.69 Å². The highest BCUT2D eigenvalue weighted by Crippen LogP contribution is 2.58. The number of carboxylic acids is 1. The zero-order valence-electron chi connectivity index (χ0n) is 14.5. The fraction of sp³-hybridized carbons (Fsp3) is 0.526. The summed E-state index contributed by atoms with van der Waals surface area (Å²) >= 11 is 0. The molecule has 3 N–H and O–H groups in total. The van der Waals surface area contributed by atoms with Crippen molar-refractivity contribution >= 4 is 23.5 Å². The van der Waals surface area contributed by atoms with E-state index in [2.05, 4.69) is 10.6 Å². The number of amides is 2. The average Bonchev–Trinajstić information content (AvgIpc) is 2.89. The van der Waals surface area contributed by atoms with Gasteiger partial charge in [-0.1, -0.05) is 26.7 Å². The number of aliphatic carboxylic acids is 1. The molecule has 1 aromatic carbocycles. The first-order valence-electron chi connectivity index (χ1n) is 8.75. The Hall–Kier alpha value is -2.37. The lowest BCUT2D eigenvalue weighted by Gasteiger charge is -2.12. The van der Waals surface area contributed by atoms with Crippen molar-refractivity contribution in [3.05, 3.63) is 29.8 Å². The summed E-state index contributed by atoms with van der Waals surface area (Å²) in [4.78, 5) is 35.7. The smallest absolute Gasteiger partial charge is 0.307 e. The summed E-state index contributed by atoms with van der Waals surface area (Å²) in [5.74, 6) is -2.51. The molecule has 134 valence electrons. The summed E-state index contributed by atoms with van der Waals surface area (Å²) < 4.78 is 0. The van der Waals surface area contributed by atoms with E-state index in [1.807, 2.05) is 0 Å². The van der Waals surface area contributed by atoms with Gasteiger partial charge >= 0.3 is 5.97 Å². The number of hydrogen-bond acceptors (Lipinski definition) is 3. The molecule has 0 bridgehead atoms. The van der Waals surface area contributed by atoms with Crippen LogP contribution in [0.1, 0.15) is 49.9 Å². The first-order chi connectivity index (χ1) is 11.8. The predicted octanol–water partition coefficient (Wildman–Crippen LogP) is 2.65. The van der Waals surface area contributed by atoms with Crippen LogP contribution in [0, 0.1) is 17.3 Å². The summed E-state index contributed by atoms with van der Waals surface area (Å²) in [5.41, 5.74) is 0.589. The molecular formula is C19H24N2O4. The number of nitrogens with one attached hydrogen (secondary N) is 2. The summed E-state index contributed by atoms with van der Waals surface area (Å²) in [6.45, 7) is 3.57. The van der Waals surface area contributed by atoms with E-state index in [1.165, 1.54) is 0 Å². The van der Waals surface area contributed by atoms with Gasteiger partial charge in [-0.2, -0.15) is 0 Å². The molecule has 0 aliphatic heterocycles. The summed E-state index contributed by atoms with van der Waals surface area (Å²) in [6, 6.07) is 6.95. The molecule has 0 saturated heterocycles. The van der Waals surface area contributed by atoms with Gasteiger partial charge < -0.3 is 15.7 Å². The Balaban J connectivity index is 1.58. The molecule has 6 heteroatoms. The van der Waals surface area contributed by atoms with Gasteiger partial charge in [0.05, 0.1) is 11.8 Å². The zero-order valence-corrected chi connectivity index (χ0v) is 14.5. The number of carboxylic acid groups (broad SMARTS) is 1. The van der Waals surface area contributed by atoms with Gasteiger partial charge in [-0.3, -0.25) is 14.4 Å². The van der Waals surface area contributed by atoms with Gasteiger partial charge in [0.15, 0.2) is 0 Å². The van der Waals surface area contributed by atoms with Crippen LogP contribution in [-0.4, -0.2) is 28.9 Å². The molecule has 2 fully saturated rings. The van der Waals surface area contributed by atoms with Crippen LogP contribution >= 0.6 is 0 Å². The molecule has 0 spiro atoms. The highest BCUT2D eigenvalue weighted by atomic mass is 16.4. The lowest BCUT2D eigenvalue weighted by molar-refractivity contribution is -0.140. The molecule has 0 heterocycles. The standard InChI is InChI=1S/C19H24N2O4/c1-19(2)14(15(19)18(24)25)17(23)21-13-9-7-11(8-10-13)16(22)20-12-5-3-4-6-12/h7-10,12,14-15H,3-6H2,1-2H3,(H,20,22)(H,21,23)(H,24,25)/t14-,15+/m1/s1. The Bertz CT molecular complexity index is 690. The first-order valence-corrected chi connectivity index (χ1v) is 8.75. The van der Waals surface area contributed by atoms with E-state index in [-0.39, 0.29) is 17.9 Å². The van der Waals surface area contributed by atoms with Crippen molar-refractivity contribution in [2.24, 2.45) is 17.3 Å². The number of carbonyl (C=O) groups excluding carboxylic acids is 2. The monoisotopic (exact) mass is 344 g/mol. The fourth-order valence-corrected chi connectivity index (χ4v) is 3.85. The van der Waals surface area contributed by atoms with E-state index in [9.17, 15) is 14.4 Å². The Morgan fingerprint density at radius 2 is 1.64 bits per heavy atom. The fourth-order valence-electron chi connectivity index (χ4n) is 3.85. The van der Waals surface area contributed by atoms with Gasteiger partial charge in [0.1, 0.15) is 0 Å². The predicted molar refractivity (Wildman–Crippen MR) is 93.2 cm³/mol. The normalized spacial score (nSPS) is 24.6. The molecule has 25 heavy (non-hydrogen) atoms. The van der Waals surface area contributed by atoms with Crippen molar-refractivity contribution < 1.29 is 19.5 Å². The number of hydrogen-bond donors (Lipinski definition) is 3. The van der Waals surface area contributed by atoms with Crippen LogP contribution in [-0.2, 0) is 9.59 Å². The van der Waals surface area contributed by atoms with Gasteiger partial charge in [0.25, 0.3) is 5.91 Å². The molecule has 2 aliphatic carbocycles. The highest BCUT2D eigenvalue weighted by Gasteiger charge is 2.65. The second kappa shape index (κ2) is 6.50. The number of anilines is 1. The third-order valence-electron chi connectivity index (χ3n) is 5.48. The molecule has 3 rings (SSSR count). The van der Waals surface area contributed by atoms with Gasteiger partial charge in [-0.05, 0) is 42.5 Å². The maximum absolute atomic E-state index is 12.3. The minimum Gasteiger partial charge on any atom is -0.481 e. The van der Waals surface area contributed by atoms with Crippen molar-refractivity contribution in [3.63, 3.8) is 0 Å². The summed E-state index contributed by atoms with van der Waals surface area (Å²) in [7, 11) is 0. The van der Waals surface area contributed by atoms with E-state index in [4.69, 9.17) is 5.11 Å². The Morgan fingerprint density at radius 3 is 2.16 bits per heavy atom. The largest absolute Gasteiger partial charge is 0.481 e. The summed E-state index contributed by atoms with van der Waals surface area (Å²) in [5, 5.41) is 14.9. The van der Waals surface area contributed by atoms with Crippen LogP contribution in [0.5, 0.6) is 0 Å². The minimum absolute atomic E-state index is 0.0981. The Morgan fingerprint density at radius 1 is 1.04 bits per heavy atom. The Kier molecular flexibility index (Phi) is 4.54. The quantitative estimate of drug-likeness (QED) is 0.765. The average molecular weight is 344 g/mol. The molecule has 1 aromatic rings. The number of rotatable bonds is 5. The highest BCUT2D eigenvalue weighted by molar-refractivity contribution is 6.00. The van der Waals surface area contributed by atoms with E-state index in [0.717, 1.165) is 25.7 Å². The molecule has 0 aromatic heterocycles. The number of carbonyl (C=O) groups is 3.